The molecular weight excluding hydrogens is 218 g/mol. The zero-order chi connectivity index (χ0) is 12.5. The van der Waals surface area contributed by atoms with Crippen molar-refractivity contribution in [1.29, 1.82) is 0 Å². The number of nitrogens with one attached hydrogen (secondary N) is 1. The normalized spacial score (nSPS) is 9.71. The molecule has 0 aliphatic heterocycles. The molecule has 1 rings (SSSR count). The maximum Gasteiger partial charge on any atom is 0.343 e. The van der Waals surface area contributed by atoms with E-state index in [4.69, 9.17) is 4.74 Å². The number of esters is 1. The van der Waals surface area contributed by atoms with Gasteiger partial charge in [-0.25, -0.2) is 4.79 Å². The first kappa shape index (κ1) is 13.3. The third-order valence-corrected chi connectivity index (χ3v) is 2.13. The summed E-state index contributed by atoms with van der Waals surface area (Å²) in [5.74, 6) is 0.268. The molecule has 17 heavy (non-hydrogen) atoms. The van der Waals surface area contributed by atoms with Crippen molar-refractivity contribution in [2.24, 2.45) is 0 Å². The van der Waals surface area contributed by atoms with E-state index in [2.05, 4.69) is 16.6 Å². The summed E-state index contributed by atoms with van der Waals surface area (Å²) in [6, 6.07) is 7.55. The molecule has 0 bridgehead atoms. The molecule has 1 aromatic carbocycles. The molecule has 0 fully saturated rings. The van der Waals surface area contributed by atoms with Gasteiger partial charge in [-0.1, -0.05) is 18.2 Å². The van der Waals surface area contributed by atoms with Gasteiger partial charge < -0.3 is 14.8 Å². The molecule has 4 nitrogen and oxygen atoms in total. The van der Waals surface area contributed by atoms with E-state index in [1.165, 1.54) is 7.11 Å². The van der Waals surface area contributed by atoms with Gasteiger partial charge in [0.1, 0.15) is 5.75 Å². The van der Waals surface area contributed by atoms with Gasteiger partial charge in [0, 0.05) is 13.1 Å². The molecule has 0 atom stereocenters. The summed E-state index contributed by atoms with van der Waals surface area (Å²) < 4.78 is 9.71. The minimum Gasteiger partial charge on any atom is -0.482 e. The maximum absolute atomic E-state index is 10.9. The minimum absolute atomic E-state index is 0.0649. The second-order valence-electron chi connectivity index (χ2n) is 3.43. The Hall–Kier alpha value is -1.81. The standard InChI is InChI=1S/C13H17NO3/c1-3-8-14-9-11-4-6-12(7-5-11)17-10-13(15)16-2/h3-7,14H,1,8-10H2,2H3. The predicted molar refractivity (Wildman–Crippen MR) is 65.9 cm³/mol. The lowest BCUT2D eigenvalue weighted by Crippen LogP contribution is -2.13. The largest absolute Gasteiger partial charge is 0.482 e. The highest BCUT2D eigenvalue weighted by molar-refractivity contribution is 5.70. The van der Waals surface area contributed by atoms with Crippen molar-refractivity contribution in [3.63, 3.8) is 0 Å². The van der Waals surface area contributed by atoms with E-state index < -0.39 is 0 Å². The number of carbonyl (C=O) groups is 1. The van der Waals surface area contributed by atoms with Crippen LogP contribution in [0.1, 0.15) is 5.56 Å². The number of hydrogen-bond donors (Lipinski definition) is 1. The zero-order valence-electron chi connectivity index (χ0n) is 9.94. The Labute approximate surface area is 101 Å². The average Bonchev–Trinajstić information content (AvgIpc) is 2.37. The summed E-state index contributed by atoms with van der Waals surface area (Å²) in [6.45, 7) is 5.12. The SMILES string of the molecule is C=CCNCc1ccc(OCC(=O)OC)cc1. The van der Waals surface area contributed by atoms with Gasteiger partial charge in [0.2, 0.25) is 0 Å². The molecule has 1 N–H and O–H groups in total. The molecule has 0 aliphatic rings. The van der Waals surface area contributed by atoms with E-state index in [0.717, 1.165) is 18.7 Å². The van der Waals surface area contributed by atoms with Crippen LogP contribution in [0.15, 0.2) is 36.9 Å². The van der Waals surface area contributed by atoms with Gasteiger partial charge in [0.05, 0.1) is 7.11 Å². The zero-order valence-corrected chi connectivity index (χ0v) is 9.94. The number of methoxy groups -OCH3 is 1. The van der Waals surface area contributed by atoms with Crippen LogP contribution in [0.2, 0.25) is 0 Å². The molecule has 0 heterocycles. The first-order chi connectivity index (χ1) is 8.26. The Bertz CT molecular complexity index is 359. The van der Waals surface area contributed by atoms with Crippen molar-refractivity contribution in [2.45, 2.75) is 6.54 Å². The summed E-state index contributed by atoms with van der Waals surface area (Å²) in [6.07, 6.45) is 1.81. The summed E-state index contributed by atoms with van der Waals surface area (Å²) >= 11 is 0. The Kier molecular flexibility index (Phi) is 5.82. The van der Waals surface area contributed by atoms with Crippen LogP contribution < -0.4 is 10.1 Å². The number of hydrogen-bond acceptors (Lipinski definition) is 4. The molecule has 0 aromatic heterocycles. The summed E-state index contributed by atoms with van der Waals surface area (Å²) in [5, 5.41) is 3.20. The fraction of sp³-hybridized carbons (Fsp3) is 0.308. The highest BCUT2D eigenvalue weighted by Crippen LogP contribution is 2.11. The van der Waals surface area contributed by atoms with E-state index >= 15 is 0 Å². The molecule has 0 amide bonds. The second-order valence-corrected chi connectivity index (χ2v) is 3.43. The maximum atomic E-state index is 10.9. The van der Waals surface area contributed by atoms with Gasteiger partial charge in [-0.15, -0.1) is 6.58 Å². The lowest BCUT2D eigenvalue weighted by atomic mass is 10.2. The molecule has 0 spiro atoms. The summed E-state index contributed by atoms with van der Waals surface area (Å²) in [5.41, 5.74) is 1.15. The topological polar surface area (TPSA) is 47.6 Å². The molecule has 92 valence electrons. The van der Waals surface area contributed by atoms with Crippen LogP contribution in [0.25, 0.3) is 0 Å². The first-order valence-electron chi connectivity index (χ1n) is 5.36. The average molecular weight is 235 g/mol. The number of carbonyl (C=O) groups excluding carboxylic acids is 1. The smallest absolute Gasteiger partial charge is 0.343 e. The Morgan fingerprint density at radius 2 is 2.12 bits per heavy atom. The number of ether oxygens (including phenoxy) is 2. The molecule has 4 heteroatoms. The van der Waals surface area contributed by atoms with Gasteiger partial charge in [-0.2, -0.15) is 0 Å². The van der Waals surface area contributed by atoms with Crippen LogP contribution in [0.5, 0.6) is 5.75 Å². The highest BCUT2D eigenvalue weighted by atomic mass is 16.6. The Morgan fingerprint density at radius 1 is 1.41 bits per heavy atom. The highest BCUT2D eigenvalue weighted by Gasteiger charge is 2.01. The van der Waals surface area contributed by atoms with Crippen LogP contribution in [-0.2, 0) is 16.1 Å². The van der Waals surface area contributed by atoms with E-state index in [0.29, 0.717) is 5.75 Å². The fourth-order valence-corrected chi connectivity index (χ4v) is 1.22. The number of rotatable bonds is 7. The molecule has 0 radical (unpaired) electrons. The van der Waals surface area contributed by atoms with Gasteiger partial charge in [0.15, 0.2) is 6.61 Å². The molecule has 0 saturated heterocycles. The molecule has 1 aromatic rings. The van der Waals surface area contributed by atoms with Gasteiger partial charge >= 0.3 is 5.97 Å². The molecular formula is C13H17NO3. The first-order valence-corrected chi connectivity index (χ1v) is 5.36. The van der Waals surface area contributed by atoms with Crippen molar-refractivity contribution < 1.29 is 14.3 Å². The molecule has 0 unspecified atom stereocenters. The van der Waals surface area contributed by atoms with Gasteiger partial charge in [0.25, 0.3) is 0 Å². The Balaban J connectivity index is 2.39. The van der Waals surface area contributed by atoms with Crippen molar-refractivity contribution >= 4 is 5.97 Å². The van der Waals surface area contributed by atoms with Crippen molar-refractivity contribution in [1.82, 2.24) is 5.32 Å². The van der Waals surface area contributed by atoms with Gasteiger partial charge in [-0.05, 0) is 17.7 Å². The molecule has 0 saturated carbocycles. The van der Waals surface area contributed by atoms with E-state index in [1.54, 1.807) is 0 Å². The molecule has 0 aliphatic carbocycles. The summed E-state index contributed by atoms with van der Waals surface area (Å²) in [4.78, 5) is 10.9. The minimum atomic E-state index is -0.387. The van der Waals surface area contributed by atoms with Crippen molar-refractivity contribution in [2.75, 3.05) is 20.3 Å². The van der Waals surface area contributed by atoms with Crippen LogP contribution in [-0.4, -0.2) is 26.2 Å². The summed E-state index contributed by atoms with van der Waals surface area (Å²) in [7, 11) is 1.33. The monoisotopic (exact) mass is 235 g/mol. The second kappa shape index (κ2) is 7.46. The lowest BCUT2D eigenvalue weighted by molar-refractivity contribution is -0.142. The van der Waals surface area contributed by atoms with E-state index in [-0.39, 0.29) is 12.6 Å². The predicted octanol–water partition coefficient (Wildman–Crippen LogP) is 1.51. The van der Waals surface area contributed by atoms with E-state index in [1.807, 2.05) is 30.3 Å². The van der Waals surface area contributed by atoms with Gasteiger partial charge in [-0.3, -0.25) is 0 Å². The quantitative estimate of drug-likeness (QED) is 0.442. The van der Waals surface area contributed by atoms with Crippen LogP contribution in [0.3, 0.4) is 0 Å². The Morgan fingerprint density at radius 3 is 2.71 bits per heavy atom. The van der Waals surface area contributed by atoms with E-state index in [9.17, 15) is 4.79 Å². The third kappa shape index (κ3) is 5.17. The van der Waals surface area contributed by atoms with Crippen LogP contribution in [0, 0.1) is 0 Å². The van der Waals surface area contributed by atoms with Crippen molar-refractivity contribution in [3.8, 4) is 5.75 Å². The fourth-order valence-electron chi connectivity index (χ4n) is 1.22. The number of benzene rings is 1. The van der Waals surface area contributed by atoms with Crippen molar-refractivity contribution in [3.05, 3.63) is 42.5 Å². The van der Waals surface area contributed by atoms with Crippen LogP contribution in [0.4, 0.5) is 0 Å². The third-order valence-electron chi connectivity index (χ3n) is 2.13. The lowest BCUT2D eigenvalue weighted by Gasteiger charge is -2.06. The van der Waals surface area contributed by atoms with Crippen LogP contribution >= 0.6 is 0 Å².